The zero-order valence-electron chi connectivity index (χ0n) is 12.5. The standard InChI is InChI=1S/C14H21N5OS/c1-9(15)6-11-4-5-13(20-3)12(7-11)8-21-14-18-17-10(2)19(14)16/h4-5,7,9H,6,8,15-16H2,1-3H3. The molecule has 7 heteroatoms. The number of aromatic nitrogens is 3. The van der Waals surface area contributed by atoms with Crippen molar-refractivity contribution in [3.8, 4) is 5.75 Å². The molecule has 1 aromatic heterocycles. The highest BCUT2D eigenvalue weighted by Crippen LogP contribution is 2.28. The molecular formula is C14H21N5OS. The van der Waals surface area contributed by atoms with Crippen LogP contribution in [-0.4, -0.2) is 28.0 Å². The summed E-state index contributed by atoms with van der Waals surface area (Å²) in [6, 6.07) is 6.28. The summed E-state index contributed by atoms with van der Waals surface area (Å²) in [5.41, 5.74) is 8.16. The lowest BCUT2D eigenvalue weighted by molar-refractivity contribution is 0.411. The monoisotopic (exact) mass is 307 g/mol. The van der Waals surface area contributed by atoms with Gasteiger partial charge in [-0.05, 0) is 31.9 Å². The van der Waals surface area contributed by atoms with Gasteiger partial charge in [-0.2, -0.15) is 0 Å². The summed E-state index contributed by atoms with van der Waals surface area (Å²) < 4.78 is 6.90. The third-order valence-electron chi connectivity index (χ3n) is 3.09. The minimum absolute atomic E-state index is 0.133. The van der Waals surface area contributed by atoms with Crippen molar-refractivity contribution in [3.63, 3.8) is 0 Å². The van der Waals surface area contributed by atoms with Gasteiger partial charge in [-0.15, -0.1) is 10.2 Å². The Morgan fingerprint density at radius 2 is 2.14 bits per heavy atom. The van der Waals surface area contributed by atoms with Crippen molar-refractivity contribution < 1.29 is 4.74 Å². The number of nitrogens with zero attached hydrogens (tertiary/aromatic N) is 3. The number of rotatable bonds is 6. The number of thioether (sulfide) groups is 1. The minimum Gasteiger partial charge on any atom is -0.496 e. The molecule has 21 heavy (non-hydrogen) atoms. The lowest BCUT2D eigenvalue weighted by atomic mass is 10.0. The van der Waals surface area contributed by atoms with Crippen molar-refractivity contribution in [2.45, 2.75) is 37.2 Å². The van der Waals surface area contributed by atoms with Crippen molar-refractivity contribution >= 4 is 11.8 Å². The number of hydrogen-bond acceptors (Lipinski definition) is 6. The molecule has 0 aliphatic carbocycles. The lowest BCUT2D eigenvalue weighted by Crippen LogP contribution is -2.17. The van der Waals surface area contributed by atoms with E-state index >= 15 is 0 Å². The molecule has 0 aliphatic heterocycles. The number of ether oxygens (including phenoxy) is 1. The first-order valence-electron chi connectivity index (χ1n) is 6.72. The predicted molar refractivity (Wildman–Crippen MR) is 84.8 cm³/mol. The summed E-state index contributed by atoms with van der Waals surface area (Å²) in [6.45, 7) is 3.82. The first-order chi connectivity index (χ1) is 10.0. The van der Waals surface area contributed by atoms with Gasteiger partial charge in [0.15, 0.2) is 0 Å². The second-order valence-corrected chi connectivity index (χ2v) is 5.96. The van der Waals surface area contributed by atoms with E-state index in [9.17, 15) is 0 Å². The molecule has 1 aromatic carbocycles. The summed E-state index contributed by atoms with van der Waals surface area (Å²) in [4.78, 5) is 0. The average molecular weight is 307 g/mol. The maximum absolute atomic E-state index is 5.86. The minimum atomic E-state index is 0.133. The third kappa shape index (κ3) is 3.89. The topological polar surface area (TPSA) is 92.0 Å². The van der Waals surface area contributed by atoms with E-state index in [1.807, 2.05) is 26.0 Å². The Labute approximate surface area is 128 Å². The smallest absolute Gasteiger partial charge is 0.210 e. The molecule has 4 N–H and O–H groups in total. The van der Waals surface area contributed by atoms with E-state index in [0.717, 1.165) is 17.7 Å². The number of nitrogen functional groups attached to an aromatic ring is 1. The van der Waals surface area contributed by atoms with Crippen molar-refractivity contribution in [2.24, 2.45) is 5.73 Å². The van der Waals surface area contributed by atoms with Crippen LogP contribution in [0.15, 0.2) is 23.4 Å². The summed E-state index contributed by atoms with van der Waals surface area (Å²) in [7, 11) is 1.67. The van der Waals surface area contributed by atoms with Crippen LogP contribution in [-0.2, 0) is 12.2 Å². The van der Waals surface area contributed by atoms with E-state index in [1.165, 1.54) is 22.0 Å². The summed E-state index contributed by atoms with van der Waals surface area (Å²) in [5, 5.41) is 8.68. The SMILES string of the molecule is COc1ccc(CC(C)N)cc1CSc1nnc(C)n1N. The van der Waals surface area contributed by atoms with Crippen molar-refractivity contribution in [1.29, 1.82) is 0 Å². The van der Waals surface area contributed by atoms with Crippen LogP contribution in [0.3, 0.4) is 0 Å². The highest BCUT2D eigenvalue weighted by atomic mass is 32.2. The number of methoxy groups -OCH3 is 1. The van der Waals surface area contributed by atoms with Gasteiger partial charge in [0, 0.05) is 17.4 Å². The van der Waals surface area contributed by atoms with Crippen LogP contribution in [0.1, 0.15) is 23.9 Å². The summed E-state index contributed by atoms with van der Waals surface area (Å²) in [6.07, 6.45) is 0.841. The Kier molecular flexibility index (Phi) is 5.08. The Morgan fingerprint density at radius 1 is 1.38 bits per heavy atom. The van der Waals surface area contributed by atoms with Crippen molar-refractivity contribution in [3.05, 3.63) is 35.2 Å². The van der Waals surface area contributed by atoms with Gasteiger partial charge in [0.25, 0.3) is 0 Å². The molecule has 114 valence electrons. The van der Waals surface area contributed by atoms with E-state index in [0.29, 0.717) is 16.7 Å². The molecule has 0 spiro atoms. The van der Waals surface area contributed by atoms with Crippen LogP contribution < -0.4 is 16.3 Å². The van der Waals surface area contributed by atoms with Crippen LogP contribution in [0.25, 0.3) is 0 Å². The molecule has 1 atom stereocenters. The van der Waals surface area contributed by atoms with Gasteiger partial charge in [-0.3, -0.25) is 0 Å². The number of benzene rings is 1. The fourth-order valence-electron chi connectivity index (χ4n) is 2.03. The van der Waals surface area contributed by atoms with Crippen LogP contribution in [0.5, 0.6) is 5.75 Å². The molecule has 1 heterocycles. The Bertz CT molecular complexity index is 611. The normalized spacial score (nSPS) is 12.4. The van der Waals surface area contributed by atoms with Crippen molar-refractivity contribution in [1.82, 2.24) is 14.9 Å². The number of nitrogens with two attached hydrogens (primary N) is 2. The van der Waals surface area contributed by atoms with Gasteiger partial charge in [-0.1, -0.05) is 23.9 Å². The lowest BCUT2D eigenvalue weighted by Gasteiger charge is -2.12. The van der Waals surface area contributed by atoms with Crippen LogP contribution in [0.4, 0.5) is 0 Å². The Balaban J connectivity index is 2.15. The first kappa shape index (κ1) is 15.7. The summed E-state index contributed by atoms with van der Waals surface area (Å²) >= 11 is 1.53. The first-order valence-corrected chi connectivity index (χ1v) is 7.71. The molecule has 1 unspecified atom stereocenters. The van der Waals surface area contributed by atoms with E-state index < -0.39 is 0 Å². The molecule has 0 fully saturated rings. The van der Waals surface area contributed by atoms with Crippen LogP contribution >= 0.6 is 11.8 Å². The molecule has 6 nitrogen and oxygen atoms in total. The summed E-state index contributed by atoms with van der Waals surface area (Å²) in [5.74, 6) is 8.12. The zero-order chi connectivity index (χ0) is 15.4. The molecule has 0 bridgehead atoms. The van der Waals surface area contributed by atoms with E-state index in [1.54, 1.807) is 7.11 Å². The van der Waals surface area contributed by atoms with Gasteiger partial charge in [-0.25, -0.2) is 4.68 Å². The molecule has 0 radical (unpaired) electrons. The fourth-order valence-corrected chi connectivity index (χ4v) is 2.91. The second-order valence-electron chi connectivity index (χ2n) is 5.02. The molecule has 0 amide bonds. The molecular weight excluding hydrogens is 286 g/mol. The van der Waals surface area contributed by atoms with Gasteiger partial charge in [0.05, 0.1) is 7.11 Å². The molecule has 2 rings (SSSR count). The predicted octanol–water partition coefficient (Wildman–Crippen LogP) is 1.49. The van der Waals surface area contributed by atoms with Gasteiger partial charge in [0.1, 0.15) is 11.6 Å². The second kappa shape index (κ2) is 6.82. The third-order valence-corrected chi connectivity index (χ3v) is 4.09. The van der Waals surface area contributed by atoms with Crippen LogP contribution in [0, 0.1) is 6.92 Å². The van der Waals surface area contributed by atoms with E-state index in [-0.39, 0.29) is 6.04 Å². The highest BCUT2D eigenvalue weighted by Gasteiger charge is 2.10. The van der Waals surface area contributed by atoms with Gasteiger partial charge in [0.2, 0.25) is 5.16 Å². The molecule has 0 aliphatic rings. The fraction of sp³-hybridized carbons (Fsp3) is 0.429. The van der Waals surface area contributed by atoms with Crippen LogP contribution in [0.2, 0.25) is 0 Å². The zero-order valence-corrected chi connectivity index (χ0v) is 13.4. The van der Waals surface area contributed by atoms with Crippen molar-refractivity contribution in [2.75, 3.05) is 13.0 Å². The Morgan fingerprint density at radius 3 is 2.71 bits per heavy atom. The highest BCUT2D eigenvalue weighted by molar-refractivity contribution is 7.98. The Hall–Kier alpha value is -1.73. The largest absolute Gasteiger partial charge is 0.496 e. The van der Waals surface area contributed by atoms with E-state index in [2.05, 4.69) is 16.3 Å². The quantitative estimate of drug-likeness (QED) is 0.620. The maximum atomic E-state index is 5.86. The van der Waals surface area contributed by atoms with Gasteiger partial charge < -0.3 is 16.3 Å². The number of aryl methyl sites for hydroxylation is 1. The average Bonchev–Trinajstić information content (AvgIpc) is 2.76. The van der Waals surface area contributed by atoms with Gasteiger partial charge >= 0.3 is 0 Å². The molecule has 0 saturated carbocycles. The van der Waals surface area contributed by atoms with E-state index in [4.69, 9.17) is 16.3 Å². The molecule has 0 saturated heterocycles. The molecule has 2 aromatic rings. The number of hydrogen-bond donors (Lipinski definition) is 2. The maximum Gasteiger partial charge on any atom is 0.210 e.